The van der Waals surface area contributed by atoms with Crippen LogP contribution >= 0.6 is 12.6 Å². The SMILES string of the molecule is C=C(S)C(=O)[O-].[K+]. The van der Waals surface area contributed by atoms with E-state index in [9.17, 15) is 9.90 Å². The average molecular weight is 142 g/mol. The fourth-order valence-corrected chi connectivity index (χ4v) is 0. The van der Waals surface area contributed by atoms with Crippen molar-refractivity contribution in [3.05, 3.63) is 11.5 Å². The summed E-state index contributed by atoms with van der Waals surface area (Å²) in [4.78, 5) is 9.17. The summed E-state index contributed by atoms with van der Waals surface area (Å²) in [6, 6.07) is 0. The number of carboxylic acid groups (broad SMARTS) is 1. The van der Waals surface area contributed by atoms with Gasteiger partial charge in [-0.2, -0.15) is 0 Å². The Morgan fingerprint density at radius 3 is 1.86 bits per heavy atom. The van der Waals surface area contributed by atoms with E-state index in [1.807, 2.05) is 0 Å². The molecule has 34 valence electrons. The van der Waals surface area contributed by atoms with Gasteiger partial charge >= 0.3 is 51.4 Å². The predicted molar refractivity (Wildman–Crippen MR) is 23.1 cm³/mol. The molecule has 2 nitrogen and oxygen atoms in total. The third kappa shape index (κ3) is 7.20. The quantitative estimate of drug-likeness (QED) is 0.232. The standard InChI is InChI=1S/C3H4O2S.K/c1-2(6)3(4)5;/h6H,1H2,(H,4,5);/q;+1/p-1. The second kappa shape index (κ2) is 5.34. The van der Waals surface area contributed by atoms with Gasteiger partial charge in [-0.1, -0.05) is 6.58 Å². The van der Waals surface area contributed by atoms with E-state index in [1.165, 1.54) is 0 Å². The Balaban J connectivity index is 0. The zero-order valence-corrected chi connectivity index (χ0v) is 7.99. The molecule has 0 bridgehead atoms. The molecule has 0 aromatic heterocycles. The first-order chi connectivity index (χ1) is 2.64. The Bertz CT molecular complexity index is 78.9. The van der Waals surface area contributed by atoms with E-state index in [0.29, 0.717) is 0 Å². The number of carbonyl (C=O) groups excluding carboxylic acids is 1. The number of aliphatic carboxylic acids is 1. The van der Waals surface area contributed by atoms with Gasteiger partial charge in [0.05, 0.1) is 5.97 Å². The molecule has 0 aliphatic rings. The molecule has 0 spiro atoms. The maximum atomic E-state index is 9.41. The van der Waals surface area contributed by atoms with Crippen molar-refractivity contribution in [2.45, 2.75) is 0 Å². The van der Waals surface area contributed by atoms with E-state index in [1.54, 1.807) is 0 Å². The monoisotopic (exact) mass is 142 g/mol. The number of rotatable bonds is 1. The summed E-state index contributed by atoms with van der Waals surface area (Å²) in [5.41, 5.74) is 0. The Kier molecular flexibility index (Phi) is 8.43. The van der Waals surface area contributed by atoms with Crippen LogP contribution in [0.15, 0.2) is 11.5 Å². The van der Waals surface area contributed by atoms with E-state index >= 15 is 0 Å². The molecule has 0 fully saturated rings. The van der Waals surface area contributed by atoms with Crippen molar-refractivity contribution in [2.24, 2.45) is 0 Å². The van der Waals surface area contributed by atoms with Gasteiger partial charge in [-0.15, -0.1) is 12.6 Å². The Hall–Kier alpha value is 1.20. The molecule has 0 N–H and O–H groups in total. The van der Waals surface area contributed by atoms with Crippen LogP contribution in [0.2, 0.25) is 0 Å². The van der Waals surface area contributed by atoms with Gasteiger partial charge in [-0.3, -0.25) is 0 Å². The number of hydrogen-bond donors (Lipinski definition) is 1. The molecule has 0 aliphatic heterocycles. The van der Waals surface area contributed by atoms with Gasteiger partial charge in [0.25, 0.3) is 0 Å². The van der Waals surface area contributed by atoms with Crippen LogP contribution in [-0.4, -0.2) is 5.97 Å². The van der Waals surface area contributed by atoms with Crippen molar-refractivity contribution < 1.29 is 61.3 Å². The number of carboxylic acids is 1. The van der Waals surface area contributed by atoms with E-state index in [0.717, 1.165) is 0 Å². The van der Waals surface area contributed by atoms with Gasteiger partial charge in [-0.25, -0.2) is 0 Å². The van der Waals surface area contributed by atoms with Crippen molar-refractivity contribution >= 4 is 18.6 Å². The maximum Gasteiger partial charge on any atom is 1.00 e. The molecule has 0 rings (SSSR count). The fourth-order valence-electron chi connectivity index (χ4n) is 0. The van der Waals surface area contributed by atoms with Crippen LogP contribution in [0.3, 0.4) is 0 Å². The number of thiol groups is 1. The molecule has 0 saturated carbocycles. The number of hydrogen-bond acceptors (Lipinski definition) is 3. The summed E-state index contributed by atoms with van der Waals surface area (Å²) in [5, 5.41) is 9.41. The molecule has 7 heavy (non-hydrogen) atoms. The molecular formula is C3H3KO2S. The normalized spacial score (nSPS) is 6.43. The first-order valence-electron chi connectivity index (χ1n) is 1.24. The van der Waals surface area contributed by atoms with Gasteiger partial charge in [0.15, 0.2) is 0 Å². The first kappa shape index (κ1) is 11.1. The zero-order valence-electron chi connectivity index (χ0n) is 3.97. The van der Waals surface area contributed by atoms with Gasteiger partial charge in [0.1, 0.15) is 0 Å². The fraction of sp³-hybridized carbons (Fsp3) is 0. The molecule has 0 amide bonds. The van der Waals surface area contributed by atoms with Crippen molar-refractivity contribution in [3.63, 3.8) is 0 Å². The maximum absolute atomic E-state index is 9.41. The third-order valence-corrected chi connectivity index (χ3v) is 0.418. The molecule has 0 aromatic rings. The van der Waals surface area contributed by atoms with Gasteiger partial charge < -0.3 is 9.90 Å². The molecular weight excluding hydrogens is 139 g/mol. The summed E-state index contributed by atoms with van der Waals surface area (Å²) >= 11 is 3.34. The van der Waals surface area contributed by atoms with Crippen LogP contribution in [0.5, 0.6) is 0 Å². The number of carbonyl (C=O) groups is 1. The van der Waals surface area contributed by atoms with Crippen molar-refractivity contribution in [1.29, 1.82) is 0 Å². The van der Waals surface area contributed by atoms with Gasteiger partial charge in [-0.05, 0) is 0 Å². The summed E-state index contributed by atoms with van der Waals surface area (Å²) in [6.45, 7) is 2.96. The van der Waals surface area contributed by atoms with E-state index in [2.05, 4.69) is 19.2 Å². The Labute approximate surface area is 89.8 Å². The molecule has 0 aliphatic carbocycles. The van der Waals surface area contributed by atoms with E-state index < -0.39 is 5.97 Å². The van der Waals surface area contributed by atoms with Gasteiger partial charge in [0.2, 0.25) is 0 Å². The molecule has 0 radical (unpaired) electrons. The smallest absolute Gasteiger partial charge is 0.544 e. The van der Waals surface area contributed by atoms with Crippen molar-refractivity contribution in [3.8, 4) is 0 Å². The molecule has 0 saturated heterocycles. The van der Waals surface area contributed by atoms with Crippen molar-refractivity contribution in [1.82, 2.24) is 0 Å². The second-order valence-electron chi connectivity index (χ2n) is 0.734. The molecule has 0 aromatic carbocycles. The van der Waals surface area contributed by atoms with Crippen LogP contribution in [0.1, 0.15) is 0 Å². The summed E-state index contributed by atoms with van der Waals surface area (Å²) < 4.78 is 0. The predicted octanol–water partition coefficient (Wildman–Crippen LogP) is -3.82. The molecule has 4 heteroatoms. The van der Waals surface area contributed by atoms with E-state index in [4.69, 9.17) is 0 Å². The van der Waals surface area contributed by atoms with Gasteiger partial charge in [0, 0.05) is 4.91 Å². The summed E-state index contributed by atoms with van der Waals surface area (Å²) in [5.74, 6) is -1.32. The Morgan fingerprint density at radius 1 is 1.71 bits per heavy atom. The van der Waals surface area contributed by atoms with Crippen molar-refractivity contribution in [2.75, 3.05) is 0 Å². The molecule has 0 unspecified atom stereocenters. The largest absolute Gasteiger partial charge is 1.00 e. The van der Waals surface area contributed by atoms with Crippen LogP contribution in [0.4, 0.5) is 0 Å². The Morgan fingerprint density at radius 2 is 1.86 bits per heavy atom. The van der Waals surface area contributed by atoms with E-state index in [-0.39, 0.29) is 56.3 Å². The topological polar surface area (TPSA) is 40.1 Å². The minimum Gasteiger partial charge on any atom is -0.544 e. The van der Waals surface area contributed by atoms with Crippen LogP contribution < -0.4 is 56.5 Å². The molecule has 0 atom stereocenters. The second-order valence-corrected chi connectivity index (χ2v) is 1.27. The van der Waals surface area contributed by atoms with Crippen LogP contribution in [0, 0.1) is 0 Å². The van der Waals surface area contributed by atoms with Crippen LogP contribution in [0.25, 0.3) is 0 Å². The first-order valence-corrected chi connectivity index (χ1v) is 1.68. The van der Waals surface area contributed by atoms with Crippen LogP contribution in [-0.2, 0) is 4.79 Å². The minimum absolute atomic E-state index is 0. The zero-order chi connectivity index (χ0) is 5.15. The minimum atomic E-state index is -1.32. The third-order valence-electron chi connectivity index (χ3n) is 0.236. The molecule has 0 heterocycles. The summed E-state index contributed by atoms with van der Waals surface area (Å²) in [7, 11) is 0. The average Bonchev–Trinajstić information content (AvgIpc) is 1.36. The summed E-state index contributed by atoms with van der Waals surface area (Å²) in [6.07, 6.45) is 0.